The Bertz CT molecular complexity index is 701. The summed E-state index contributed by atoms with van der Waals surface area (Å²) in [7, 11) is 0. The number of aromatic nitrogens is 1. The SMILES string of the molecule is Clc1ccccc1Cn1ccc2cccc(Cl)c21. The number of hydrogen-bond donors (Lipinski definition) is 0. The molecule has 0 aliphatic carbocycles. The first-order valence-electron chi connectivity index (χ1n) is 5.72. The van der Waals surface area contributed by atoms with Gasteiger partial charge in [-0.2, -0.15) is 0 Å². The first-order valence-corrected chi connectivity index (χ1v) is 6.48. The van der Waals surface area contributed by atoms with Crippen LogP contribution >= 0.6 is 23.2 Å². The first kappa shape index (κ1) is 11.6. The van der Waals surface area contributed by atoms with Crippen molar-refractivity contribution in [2.24, 2.45) is 0 Å². The van der Waals surface area contributed by atoms with E-state index in [-0.39, 0.29) is 0 Å². The van der Waals surface area contributed by atoms with E-state index in [4.69, 9.17) is 23.2 Å². The lowest BCUT2D eigenvalue weighted by molar-refractivity contribution is 0.837. The van der Waals surface area contributed by atoms with E-state index in [0.29, 0.717) is 0 Å². The minimum absolute atomic E-state index is 0.729. The number of para-hydroxylation sites is 1. The molecule has 18 heavy (non-hydrogen) atoms. The maximum absolute atomic E-state index is 6.26. The van der Waals surface area contributed by atoms with Gasteiger partial charge in [0.05, 0.1) is 10.5 Å². The van der Waals surface area contributed by atoms with E-state index in [9.17, 15) is 0 Å². The molecular weight excluding hydrogens is 265 g/mol. The van der Waals surface area contributed by atoms with Crippen LogP contribution in [-0.2, 0) is 6.54 Å². The third-order valence-electron chi connectivity index (χ3n) is 3.04. The Balaban J connectivity index is 2.09. The molecule has 0 spiro atoms. The highest BCUT2D eigenvalue weighted by Crippen LogP contribution is 2.26. The van der Waals surface area contributed by atoms with Crippen molar-refractivity contribution in [1.29, 1.82) is 0 Å². The van der Waals surface area contributed by atoms with Gasteiger partial charge in [0.15, 0.2) is 0 Å². The van der Waals surface area contributed by atoms with Crippen LogP contribution in [0, 0.1) is 0 Å². The first-order chi connectivity index (χ1) is 8.75. The fraction of sp³-hybridized carbons (Fsp3) is 0.0667. The molecule has 2 aromatic carbocycles. The van der Waals surface area contributed by atoms with Crippen LogP contribution in [0.3, 0.4) is 0 Å². The zero-order chi connectivity index (χ0) is 12.5. The molecule has 1 heterocycles. The Hall–Kier alpha value is -1.44. The van der Waals surface area contributed by atoms with E-state index in [1.165, 1.54) is 0 Å². The van der Waals surface area contributed by atoms with Gasteiger partial charge in [0.25, 0.3) is 0 Å². The van der Waals surface area contributed by atoms with Gasteiger partial charge in [-0.3, -0.25) is 0 Å². The molecule has 0 N–H and O–H groups in total. The second-order valence-electron chi connectivity index (χ2n) is 4.21. The predicted molar refractivity (Wildman–Crippen MR) is 77.5 cm³/mol. The number of nitrogens with zero attached hydrogens (tertiary/aromatic N) is 1. The molecule has 3 aromatic rings. The minimum Gasteiger partial charge on any atom is -0.342 e. The zero-order valence-corrected chi connectivity index (χ0v) is 11.1. The zero-order valence-electron chi connectivity index (χ0n) is 9.61. The largest absolute Gasteiger partial charge is 0.342 e. The van der Waals surface area contributed by atoms with Crippen molar-refractivity contribution in [2.45, 2.75) is 6.54 Å². The lowest BCUT2D eigenvalue weighted by atomic mass is 10.2. The second-order valence-corrected chi connectivity index (χ2v) is 5.03. The van der Waals surface area contributed by atoms with Crippen LogP contribution in [0.2, 0.25) is 10.0 Å². The average molecular weight is 276 g/mol. The van der Waals surface area contributed by atoms with Gasteiger partial charge >= 0.3 is 0 Å². The van der Waals surface area contributed by atoms with Crippen LogP contribution in [0.15, 0.2) is 54.7 Å². The number of hydrogen-bond acceptors (Lipinski definition) is 0. The van der Waals surface area contributed by atoms with Crippen molar-refractivity contribution >= 4 is 34.1 Å². The topological polar surface area (TPSA) is 4.93 Å². The molecule has 90 valence electrons. The molecule has 1 aromatic heterocycles. The van der Waals surface area contributed by atoms with Gasteiger partial charge in [0.2, 0.25) is 0 Å². The molecule has 0 fully saturated rings. The third-order valence-corrected chi connectivity index (χ3v) is 3.71. The van der Waals surface area contributed by atoms with Crippen LogP contribution in [0.1, 0.15) is 5.56 Å². The van der Waals surface area contributed by atoms with Gasteiger partial charge in [-0.25, -0.2) is 0 Å². The summed E-state index contributed by atoms with van der Waals surface area (Å²) >= 11 is 12.4. The molecule has 0 saturated heterocycles. The smallest absolute Gasteiger partial charge is 0.0672 e. The van der Waals surface area contributed by atoms with Crippen molar-refractivity contribution in [1.82, 2.24) is 4.57 Å². The Morgan fingerprint density at radius 2 is 1.61 bits per heavy atom. The number of fused-ring (bicyclic) bond motifs is 1. The summed E-state index contributed by atoms with van der Waals surface area (Å²) in [5.74, 6) is 0. The summed E-state index contributed by atoms with van der Waals surface area (Å²) in [6.45, 7) is 0.729. The molecule has 1 nitrogen and oxygen atoms in total. The molecule has 0 radical (unpaired) electrons. The van der Waals surface area contributed by atoms with Crippen LogP contribution in [-0.4, -0.2) is 4.57 Å². The van der Waals surface area contributed by atoms with Gasteiger partial charge in [-0.1, -0.05) is 53.5 Å². The van der Waals surface area contributed by atoms with Crippen molar-refractivity contribution in [3.05, 3.63) is 70.3 Å². The van der Waals surface area contributed by atoms with E-state index in [1.54, 1.807) is 0 Å². The second kappa shape index (κ2) is 4.68. The van der Waals surface area contributed by atoms with Gasteiger partial charge in [0, 0.05) is 23.2 Å². The predicted octanol–water partition coefficient (Wildman–Crippen LogP) is 5.00. The van der Waals surface area contributed by atoms with E-state index in [1.807, 2.05) is 42.6 Å². The van der Waals surface area contributed by atoms with Crippen molar-refractivity contribution in [3.8, 4) is 0 Å². The van der Waals surface area contributed by atoms with Crippen molar-refractivity contribution in [3.63, 3.8) is 0 Å². The fourth-order valence-corrected chi connectivity index (χ4v) is 2.64. The summed E-state index contributed by atoms with van der Waals surface area (Å²) in [5.41, 5.74) is 2.15. The highest BCUT2D eigenvalue weighted by atomic mass is 35.5. The molecule has 0 atom stereocenters. The summed E-state index contributed by atoms with van der Waals surface area (Å²) in [6.07, 6.45) is 2.04. The van der Waals surface area contributed by atoms with Crippen LogP contribution in [0.5, 0.6) is 0 Å². The molecule has 0 saturated carbocycles. The van der Waals surface area contributed by atoms with E-state index < -0.39 is 0 Å². The molecule has 0 aliphatic rings. The highest BCUT2D eigenvalue weighted by Gasteiger charge is 2.06. The van der Waals surface area contributed by atoms with Gasteiger partial charge in [-0.15, -0.1) is 0 Å². The molecule has 3 heteroatoms. The Morgan fingerprint density at radius 3 is 2.44 bits per heavy atom. The van der Waals surface area contributed by atoms with Crippen LogP contribution in [0.4, 0.5) is 0 Å². The van der Waals surface area contributed by atoms with Gasteiger partial charge < -0.3 is 4.57 Å². The summed E-state index contributed by atoms with van der Waals surface area (Å²) in [4.78, 5) is 0. The Kier molecular flexibility index (Phi) is 3.02. The van der Waals surface area contributed by atoms with E-state index in [2.05, 4.69) is 16.7 Å². The van der Waals surface area contributed by atoms with E-state index in [0.717, 1.165) is 33.1 Å². The quantitative estimate of drug-likeness (QED) is 0.621. The Morgan fingerprint density at radius 1 is 0.833 bits per heavy atom. The fourth-order valence-electron chi connectivity index (χ4n) is 2.16. The summed E-state index contributed by atoms with van der Waals surface area (Å²) < 4.78 is 2.12. The molecule has 0 unspecified atom stereocenters. The van der Waals surface area contributed by atoms with Crippen LogP contribution < -0.4 is 0 Å². The summed E-state index contributed by atoms with van der Waals surface area (Å²) in [6, 6.07) is 15.9. The molecule has 3 rings (SSSR count). The van der Waals surface area contributed by atoms with Gasteiger partial charge in [0.1, 0.15) is 0 Å². The van der Waals surface area contributed by atoms with Crippen LogP contribution in [0.25, 0.3) is 10.9 Å². The minimum atomic E-state index is 0.729. The van der Waals surface area contributed by atoms with E-state index >= 15 is 0 Å². The van der Waals surface area contributed by atoms with Gasteiger partial charge in [-0.05, 0) is 23.8 Å². The number of halogens is 2. The lowest BCUT2D eigenvalue weighted by Gasteiger charge is -2.08. The molecule has 0 aliphatic heterocycles. The molecule has 0 bridgehead atoms. The third kappa shape index (κ3) is 2.00. The number of rotatable bonds is 2. The normalized spacial score (nSPS) is 11.0. The maximum Gasteiger partial charge on any atom is 0.0672 e. The number of benzene rings is 2. The highest BCUT2D eigenvalue weighted by molar-refractivity contribution is 6.35. The van der Waals surface area contributed by atoms with Crippen molar-refractivity contribution in [2.75, 3.05) is 0 Å². The standard InChI is InChI=1S/C15H11Cl2N/c16-13-6-2-1-4-12(13)10-18-9-8-11-5-3-7-14(17)15(11)18/h1-9H,10H2. The molecular formula is C15H11Cl2N. The monoisotopic (exact) mass is 275 g/mol. The maximum atomic E-state index is 6.26. The molecule has 0 amide bonds. The lowest BCUT2D eigenvalue weighted by Crippen LogP contribution is -1.98. The Labute approximate surface area is 116 Å². The van der Waals surface area contributed by atoms with Crippen molar-refractivity contribution < 1.29 is 0 Å². The summed E-state index contributed by atoms with van der Waals surface area (Å²) in [5, 5.41) is 2.70. The average Bonchev–Trinajstić information content (AvgIpc) is 2.77.